The zero-order chi connectivity index (χ0) is 13.0. The monoisotopic (exact) mass is 243 g/mol. The Morgan fingerprint density at radius 1 is 1.47 bits per heavy atom. The van der Waals surface area contributed by atoms with Gasteiger partial charge in [0.15, 0.2) is 0 Å². The van der Waals surface area contributed by atoms with Crippen LogP contribution in [0.1, 0.15) is 33.1 Å². The number of likely N-dealkylation sites (N-methyl/N-ethyl adjacent to an activating group) is 1. The van der Waals surface area contributed by atoms with Crippen LogP contribution in [-0.4, -0.2) is 47.7 Å². The minimum Gasteiger partial charge on any atom is -0.481 e. The van der Waals surface area contributed by atoms with Crippen molar-refractivity contribution in [1.82, 2.24) is 4.90 Å². The molecule has 1 N–H and O–H groups in total. The average molecular weight is 243 g/mol. The highest BCUT2D eigenvalue weighted by atomic mass is 16.5. The minimum absolute atomic E-state index is 0.00102. The molecule has 98 valence electrons. The number of carbonyl (C=O) groups excluding carboxylic acids is 1. The minimum atomic E-state index is -0.856. The highest BCUT2D eigenvalue weighted by Crippen LogP contribution is 2.20. The van der Waals surface area contributed by atoms with E-state index in [4.69, 9.17) is 9.84 Å². The zero-order valence-electron chi connectivity index (χ0n) is 10.7. The molecule has 0 saturated carbocycles. The van der Waals surface area contributed by atoms with Crippen LogP contribution in [0, 0.1) is 5.92 Å². The first-order chi connectivity index (χ1) is 7.91. The van der Waals surface area contributed by atoms with E-state index in [1.54, 1.807) is 18.9 Å². The maximum Gasteiger partial charge on any atom is 0.303 e. The third kappa shape index (κ3) is 4.00. The number of ether oxygens (including phenoxy) is 1. The van der Waals surface area contributed by atoms with Gasteiger partial charge in [0.25, 0.3) is 0 Å². The summed E-state index contributed by atoms with van der Waals surface area (Å²) < 4.78 is 5.42. The molecule has 3 unspecified atom stereocenters. The van der Waals surface area contributed by atoms with Gasteiger partial charge in [0.1, 0.15) is 0 Å². The summed E-state index contributed by atoms with van der Waals surface area (Å²) in [5.74, 6) is -0.980. The zero-order valence-corrected chi connectivity index (χ0v) is 10.7. The molecule has 0 radical (unpaired) electrons. The fourth-order valence-electron chi connectivity index (χ4n) is 2.23. The Labute approximate surface area is 102 Å². The molecular weight excluding hydrogens is 222 g/mol. The molecule has 0 aromatic heterocycles. The molecule has 3 atom stereocenters. The predicted octanol–water partition coefficient (Wildman–Crippen LogP) is 1.12. The molecule has 0 aromatic carbocycles. The van der Waals surface area contributed by atoms with Crippen molar-refractivity contribution < 1.29 is 19.4 Å². The first kappa shape index (κ1) is 14.0. The number of rotatable bonds is 5. The standard InChI is InChI=1S/C12H21NO4/c1-8(7-12(15)16)6-11(14)13(3)10-4-5-17-9(10)2/h8-10H,4-7H2,1-3H3,(H,15,16). The van der Waals surface area contributed by atoms with Gasteiger partial charge in [-0.1, -0.05) is 6.92 Å². The van der Waals surface area contributed by atoms with Crippen molar-refractivity contribution in [2.75, 3.05) is 13.7 Å². The molecule has 1 aliphatic heterocycles. The topological polar surface area (TPSA) is 66.8 Å². The van der Waals surface area contributed by atoms with Gasteiger partial charge >= 0.3 is 5.97 Å². The van der Waals surface area contributed by atoms with E-state index in [-0.39, 0.29) is 36.8 Å². The smallest absolute Gasteiger partial charge is 0.303 e. The Morgan fingerprint density at radius 3 is 2.59 bits per heavy atom. The summed E-state index contributed by atoms with van der Waals surface area (Å²) in [4.78, 5) is 24.2. The van der Waals surface area contributed by atoms with Gasteiger partial charge in [0.05, 0.1) is 12.1 Å². The van der Waals surface area contributed by atoms with Crippen LogP contribution in [0.25, 0.3) is 0 Å². The second kappa shape index (κ2) is 6.00. The Bertz CT molecular complexity index is 292. The molecule has 0 bridgehead atoms. The maximum atomic E-state index is 11.9. The molecule has 5 nitrogen and oxygen atoms in total. The summed E-state index contributed by atoms with van der Waals surface area (Å²) >= 11 is 0. The summed E-state index contributed by atoms with van der Waals surface area (Å²) in [6.45, 7) is 4.44. The van der Waals surface area contributed by atoms with Crippen molar-refractivity contribution in [3.05, 3.63) is 0 Å². The van der Waals surface area contributed by atoms with Crippen molar-refractivity contribution in [3.63, 3.8) is 0 Å². The molecule has 17 heavy (non-hydrogen) atoms. The Balaban J connectivity index is 2.43. The second-order valence-electron chi connectivity index (χ2n) is 4.84. The van der Waals surface area contributed by atoms with E-state index in [1.807, 2.05) is 6.92 Å². The highest BCUT2D eigenvalue weighted by molar-refractivity contribution is 5.77. The van der Waals surface area contributed by atoms with Crippen molar-refractivity contribution >= 4 is 11.9 Å². The lowest BCUT2D eigenvalue weighted by Crippen LogP contribution is -2.41. The second-order valence-corrected chi connectivity index (χ2v) is 4.84. The van der Waals surface area contributed by atoms with Crippen LogP contribution in [0.2, 0.25) is 0 Å². The van der Waals surface area contributed by atoms with Crippen molar-refractivity contribution in [1.29, 1.82) is 0 Å². The van der Waals surface area contributed by atoms with Crippen LogP contribution in [0.15, 0.2) is 0 Å². The lowest BCUT2D eigenvalue weighted by Gasteiger charge is -2.27. The van der Waals surface area contributed by atoms with E-state index >= 15 is 0 Å². The van der Waals surface area contributed by atoms with Crippen LogP contribution < -0.4 is 0 Å². The number of carbonyl (C=O) groups is 2. The number of carboxylic acids is 1. The van der Waals surface area contributed by atoms with Gasteiger partial charge in [-0.15, -0.1) is 0 Å². The van der Waals surface area contributed by atoms with E-state index < -0.39 is 5.97 Å². The summed E-state index contributed by atoms with van der Waals surface area (Å²) in [6.07, 6.45) is 1.25. The maximum absolute atomic E-state index is 11.9. The molecule has 1 rings (SSSR count). The normalized spacial score (nSPS) is 25.6. The van der Waals surface area contributed by atoms with Gasteiger partial charge in [-0.05, 0) is 19.3 Å². The molecule has 0 aliphatic carbocycles. The van der Waals surface area contributed by atoms with E-state index in [0.29, 0.717) is 6.61 Å². The number of amides is 1. The average Bonchev–Trinajstić information content (AvgIpc) is 2.61. The SMILES string of the molecule is CC(CC(=O)O)CC(=O)N(C)C1CCOC1C. The van der Waals surface area contributed by atoms with Crippen LogP contribution in [0.3, 0.4) is 0 Å². The van der Waals surface area contributed by atoms with Gasteiger partial charge in [-0.3, -0.25) is 9.59 Å². The largest absolute Gasteiger partial charge is 0.481 e. The number of hydrogen-bond acceptors (Lipinski definition) is 3. The summed E-state index contributed by atoms with van der Waals surface area (Å²) in [7, 11) is 1.77. The molecular formula is C12H21NO4. The van der Waals surface area contributed by atoms with Crippen LogP contribution >= 0.6 is 0 Å². The predicted molar refractivity (Wildman–Crippen MR) is 62.6 cm³/mol. The third-order valence-electron chi connectivity index (χ3n) is 3.27. The molecule has 0 spiro atoms. The Kier molecular flexibility index (Phi) is 4.93. The number of nitrogens with zero attached hydrogens (tertiary/aromatic N) is 1. The van der Waals surface area contributed by atoms with Gasteiger partial charge in [-0.2, -0.15) is 0 Å². The fraction of sp³-hybridized carbons (Fsp3) is 0.833. The molecule has 5 heteroatoms. The van der Waals surface area contributed by atoms with Gasteiger partial charge < -0.3 is 14.7 Å². The van der Waals surface area contributed by atoms with Crippen molar-refractivity contribution in [2.45, 2.75) is 45.3 Å². The van der Waals surface area contributed by atoms with Crippen LogP contribution in [0.5, 0.6) is 0 Å². The van der Waals surface area contributed by atoms with Crippen molar-refractivity contribution in [3.8, 4) is 0 Å². The first-order valence-electron chi connectivity index (χ1n) is 6.01. The van der Waals surface area contributed by atoms with Crippen molar-refractivity contribution in [2.24, 2.45) is 5.92 Å². The Hall–Kier alpha value is -1.10. The van der Waals surface area contributed by atoms with Gasteiger partial charge in [0.2, 0.25) is 5.91 Å². The molecule has 1 aliphatic rings. The quantitative estimate of drug-likeness (QED) is 0.785. The van der Waals surface area contributed by atoms with Crippen LogP contribution in [0.4, 0.5) is 0 Å². The lowest BCUT2D eigenvalue weighted by atomic mass is 10.0. The van der Waals surface area contributed by atoms with E-state index in [1.165, 1.54) is 0 Å². The van der Waals surface area contributed by atoms with Gasteiger partial charge in [-0.25, -0.2) is 0 Å². The molecule has 0 aromatic rings. The number of carboxylic acid groups (broad SMARTS) is 1. The molecule has 1 heterocycles. The Morgan fingerprint density at radius 2 is 2.12 bits per heavy atom. The molecule has 1 amide bonds. The van der Waals surface area contributed by atoms with E-state index in [2.05, 4.69) is 0 Å². The summed E-state index contributed by atoms with van der Waals surface area (Å²) in [6, 6.07) is 0.125. The highest BCUT2D eigenvalue weighted by Gasteiger charge is 2.30. The summed E-state index contributed by atoms with van der Waals surface area (Å²) in [5.41, 5.74) is 0. The lowest BCUT2D eigenvalue weighted by molar-refractivity contribution is -0.139. The first-order valence-corrected chi connectivity index (χ1v) is 6.01. The van der Waals surface area contributed by atoms with E-state index in [0.717, 1.165) is 6.42 Å². The molecule has 1 saturated heterocycles. The fourth-order valence-corrected chi connectivity index (χ4v) is 2.23. The third-order valence-corrected chi connectivity index (χ3v) is 3.27. The number of hydrogen-bond donors (Lipinski definition) is 1. The number of aliphatic carboxylic acids is 1. The molecule has 1 fully saturated rings. The summed E-state index contributed by atoms with van der Waals surface area (Å²) in [5, 5.41) is 8.64. The van der Waals surface area contributed by atoms with Gasteiger partial charge in [0, 0.05) is 26.5 Å². The van der Waals surface area contributed by atoms with E-state index in [9.17, 15) is 9.59 Å². The van der Waals surface area contributed by atoms with Crippen LogP contribution in [-0.2, 0) is 14.3 Å².